The first kappa shape index (κ1) is 24.3. The van der Waals surface area contributed by atoms with Gasteiger partial charge in [0.25, 0.3) is 5.91 Å². The number of pyridine rings is 1. The van der Waals surface area contributed by atoms with Crippen molar-refractivity contribution in [3.05, 3.63) is 84.6 Å². The molecule has 188 valence electrons. The minimum atomic E-state index is -0.237. The molecule has 1 amide bonds. The third kappa shape index (κ3) is 6.24. The Labute approximate surface area is 215 Å². The van der Waals surface area contributed by atoms with Crippen LogP contribution in [0.3, 0.4) is 0 Å². The molecule has 0 aliphatic carbocycles. The van der Waals surface area contributed by atoms with Gasteiger partial charge < -0.3 is 20.6 Å². The summed E-state index contributed by atoms with van der Waals surface area (Å²) in [5, 5.41) is 15.2. The number of para-hydroxylation sites is 1. The van der Waals surface area contributed by atoms with E-state index in [9.17, 15) is 9.90 Å². The van der Waals surface area contributed by atoms with Crippen molar-refractivity contribution in [3.63, 3.8) is 0 Å². The van der Waals surface area contributed by atoms with E-state index >= 15 is 0 Å². The number of benzene rings is 2. The topological polar surface area (TPSA) is 119 Å². The van der Waals surface area contributed by atoms with Crippen molar-refractivity contribution < 1.29 is 9.90 Å². The number of nitrogens with zero attached hydrogens (tertiary/aromatic N) is 6. The molecule has 0 radical (unpaired) electrons. The van der Waals surface area contributed by atoms with Gasteiger partial charge in [0, 0.05) is 50.2 Å². The number of β-amino-alcohol motifs (C(OH)–C–C–N with tert-alkyl or cyclic N) is 1. The van der Waals surface area contributed by atoms with Crippen LogP contribution in [0.2, 0.25) is 0 Å². The molecule has 10 nitrogen and oxygen atoms in total. The van der Waals surface area contributed by atoms with Crippen LogP contribution >= 0.6 is 0 Å². The van der Waals surface area contributed by atoms with Crippen LogP contribution < -0.4 is 15.5 Å². The lowest BCUT2D eigenvalue weighted by molar-refractivity contribution is 0.102. The molecule has 0 unspecified atom stereocenters. The van der Waals surface area contributed by atoms with Gasteiger partial charge in [-0.1, -0.05) is 48.5 Å². The Bertz CT molecular complexity index is 1310. The molecule has 3 heterocycles. The number of aliphatic hydroxyl groups is 1. The number of hydrogen-bond acceptors (Lipinski definition) is 9. The number of aromatic nitrogens is 4. The van der Waals surface area contributed by atoms with Gasteiger partial charge in [-0.25, -0.2) is 4.98 Å². The summed E-state index contributed by atoms with van der Waals surface area (Å²) in [7, 11) is 0. The molecule has 0 saturated carbocycles. The van der Waals surface area contributed by atoms with Gasteiger partial charge in [0.1, 0.15) is 5.82 Å². The van der Waals surface area contributed by atoms with Crippen LogP contribution in [-0.2, 0) is 0 Å². The van der Waals surface area contributed by atoms with E-state index in [1.807, 2.05) is 60.7 Å². The fourth-order valence-corrected chi connectivity index (χ4v) is 4.03. The summed E-state index contributed by atoms with van der Waals surface area (Å²) in [5.41, 5.74) is 2.04. The number of nitrogens with one attached hydrogen (secondary N) is 2. The van der Waals surface area contributed by atoms with E-state index in [0.717, 1.165) is 37.4 Å². The van der Waals surface area contributed by atoms with E-state index in [-0.39, 0.29) is 12.5 Å². The summed E-state index contributed by atoms with van der Waals surface area (Å²) < 4.78 is 0. The number of anilines is 4. The molecule has 5 rings (SSSR count). The van der Waals surface area contributed by atoms with Gasteiger partial charge in [-0.2, -0.15) is 15.0 Å². The highest BCUT2D eigenvalue weighted by atomic mass is 16.3. The third-order valence-electron chi connectivity index (χ3n) is 6.02. The van der Waals surface area contributed by atoms with Crippen LogP contribution in [0.5, 0.6) is 0 Å². The van der Waals surface area contributed by atoms with Gasteiger partial charge in [0.05, 0.1) is 12.2 Å². The molecule has 37 heavy (non-hydrogen) atoms. The second kappa shape index (κ2) is 11.5. The Morgan fingerprint density at radius 1 is 0.865 bits per heavy atom. The molecule has 2 aromatic heterocycles. The highest BCUT2D eigenvalue weighted by molar-refractivity contribution is 6.04. The normalized spacial score (nSPS) is 13.8. The minimum absolute atomic E-state index is 0.150. The number of hydrogen-bond donors (Lipinski definition) is 3. The van der Waals surface area contributed by atoms with Crippen LogP contribution in [0.1, 0.15) is 10.4 Å². The Hall–Kier alpha value is -4.41. The van der Waals surface area contributed by atoms with Crippen molar-refractivity contribution in [1.29, 1.82) is 0 Å². The van der Waals surface area contributed by atoms with E-state index in [4.69, 9.17) is 4.98 Å². The van der Waals surface area contributed by atoms with E-state index < -0.39 is 0 Å². The van der Waals surface area contributed by atoms with Gasteiger partial charge in [0.15, 0.2) is 5.82 Å². The van der Waals surface area contributed by atoms with Gasteiger partial charge in [-0.05, 0) is 24.3 Å². The number of piperazine rings is 1. The van der Waals surface area contributed by atoms with Crippen LogP contribution in [0.15, 0.2) is 79.0 Å². The largest absolute Gasteiger partial charge is 0.395 e. The molecular formula is C27H28N8O2. The maximum Gasteiger partial charge on any atom is 0.257 e. The number of carbonyl (C=O) groups is 1. The zero-order valence-corrected chi connectivity index (χ0v) is 20.3. The van der Waals surface area contributed by atoms with Crippen LogP contribution in [0.25, 0.3) is 11.4 Å². The Kier molecular flexibility index (Phi) is 7.58. The first-order chi connectivity index (χ1) is 18.2. The molecule has 4 aromatic rings. The van der Waals surface area contributed by atoms with Crippen molar-refractivity contribution in [2.45, 2.75) is 0 Å². The number of amides is 1. The SMILES string of the molecule is O=C(Nc1ccccc1)c1ccc(Nc2nc(-c3ccccc3)nc(N3CCN(CCO)CC3)n2)nc1. The number of carbonyl (C=O) groups excluding carboxylic acids is 1. The van der Waals surface area contributed by atoms with Crippen LogP contribution in [0, 0.1) is 0 Å². The summed E-state index contributed by atoms with van der Waals surface area (Å²) in [4.78, 5) is 35.3. The van der Waals surface area contributed by atoms with E-state index in [0.29, 0.717) is 35.6 Å². The zero-order chi connectivity index (χ0) is 25.5. The van der Waals surface area contributed by atoms with Gasteiger partial charge in [-0.3, -0.25) is 9.69 Å². The second-order valence-corrected chi connectivity index (χ2v) is 8.58. The zero-order valence-electron chi connectivity index (χ0n) is 20.3. The fourth-order valence-electron chi connectivity index (χ4n) is 4.03. The van der Waals surface area contributed by atoms with Crippen molar-refractivity contribution in [1.82, 2.24) is 24.8 Å². The maximum absolute atomic E-state index is 12.5. The summed E-state index contributed by atoms with van der Waals surface area (Å²) in [5.74, 6) is 1.79. The first-order valence-corrected chi connectivity index (χ1v) is 12.2. The van der Waals surface area contributed by atoms with E-state index in [2.05, 4.69) is 35.4 Å². The molecule has 1 aliphatic rings. The van der Waals surface area contributed by atoms with Crippen LogP contribution in [-0.4, -0.2) is 75.2 Å². The molecule has 0 atom stereocenters. The monoisotopic (exact) mass is 496 g/mol. The lowest BCUT2D eigenvalue weighted by Crippen LogP contribution is -2.47. The number of aliphatic hydroxyl groups excluding tert-OH is 1. The summed E-state index contributed by atoms with van der Waals surface area (Å²) in [6, 6.07) is 22.5. The van der Waals surface area contributed by atoms with Crippen molar-refractivity contribution in [2.75, 3.05) is 54.9 Å². The van der Waals surface area contributed by atoms with E-state index in [1.54, 1.807) is 12.1 Å². The molecule has 1 aliphatic heterocycles. The molecule has 0 bridgehead atoms. The maximum atomic E-state index is 12.5. The quantitative estimate of drug-likeness (QED) is 0.338. The van der Waals surface area contributed by atoms with Crippen molar-refractivity contribution in [3.8, 4) is 11.4 Å². The molecule has 1 fully saturated rings. The predicted octanol–water partition coefficient (Wildman–Crippen LogP) is 3.04. The van der Waals surface area contributed by atoms with Crippen molar-refractivity contribution in [2.24, 2.45) is 0 Å². The molecule has 10 heteroatoms. The van der Waals surface area contributed by atoms with Crippen LogP contribution in [0.4, 0.5) is 23.4 Å². The van der Waals surface area contributed by atoms with Gasteiger partial charge in [-0.15, -0.1) is 0 Å². The average molecular weight is 497 g/mol. The molecule has 1 saturated heterocycles. The molecular weight excluding hydrogens is 468 g/mol. The summed E-state index contributed by atoms with van der Waals surface area (Å²) in [6.07, 6.45) is 1.52. The smallest absolute Gasteiger partial charge is 0.257 e. The Morgan fingerprint density at radius 2 is 1.59 bits per heavy atom. The Balaban J connectivity index is 1.34. The molecule has 0 spiro atoms. The van der Waals surface area contributed by atoms with Gasteiger partial charge in [0.2, 0.25) is 11.9 Å². The fraction of sp³-hybridized carbons (Fsp3) is 0.222. The first-order valence-electron chi connectivity index (χ1n) is 12.2. The number of rotatable bonds is 8. The minimum Gasteiger partial charge on any atom is -0.395 e. The average Bonchev–Trinajstić information content (AvgIpc) is 2.95. The predicted molar refractivity (Wildman–Crippen MR) is 143 cm³/mol. The standard InChI is InChI=1S/C27H28N8O2/c36-18-17-34-13-15-35(16-14-34)27-32-24(20-7-3-1-4-8-20)31-26(33-27)30-23-12-11-21(19-28-23)25(37)29-22-9-5-2-6-10-22/h1-12,19,36H,13-18H2,(H,29,37)(H,28,30,31,32,33). The van der Waals surface area contributed by atoms with Gasteiger partial charge >= 0.3 is 0 Å². The van der Waals surface area contributed by atoms with Crippen molar-refractivity contribution >= 4 is 29.3 Å². The second-order valence-electron chi connectivity index (χ2n) is 8.58. The lowest BCUT2D eigenvalue weighted by Gasteiger charge is -2.34. The molecule has 3 N–H and O–H groups in total. The van der Waals surface area contributed by atoms with E-state index in [1.165, 1.54) is 6.20 Å². The Morgan fingerprint density at radius 3 is 2.27 bits per heavy atom. The highest BCUT2D eigenvalue weighted by Gasteiger charge is 2.21. The lowest BCUT2D eigenvalue weighted by atomic mass is 10.2. The molecule has 2 aromatic carbocycles. The highest BCUT2D eigenvalue weighted by Crippen LogP contribution is 2.22. The third-order valence-corrected chi connectivity index (χ3v) is 6.02. The summed E-state index contributed by atoms with van der Waals surface area (Å²) in [6.45, 7) is 3.96. The summed E-state index contributed by atoms with van der Waals surface area (Å²) >= 11 is 0.